The van der Waals surface area contributed by atoms with Crippen molar-refractivity contribution in [1.82, 2.24) is 30.1 Å². The van der Waals surface area contributed by atoms with Gasteiger partial charge in [-0.3, -0.25) is 9.69 Å². The van der Waals surface area contributed by atoms with Crippen molar-refractivity contribution in [1.29, 1.82) is 0 Å². The molecule has 2 atom stereocenters. The molecule has 0 saturated carbocycles. The fourth-order valence-electron chi connectivity index (χ4n) is 5.32. The third-order valence-electron chi connectivity index (χ3n) is 7.49. The number of nitrogens with zero attached hydrogens (tertiary/aromatic N) is 5. The molecular weight excluding hydrogens is 464 g/mol. The minimum absolute atomic E-state index is 0.0519. The SMILES string of the molecule is CCC(c1nnnn1CC1CCCO1)N(Cc1ccc(C)cc1)Cc1cc2c(C)ccc(C)c2[nH]c1=O. The molecule has 8 heteroatoms. The van der Waals surface area contributed by atoms with Crippen molar-refractivity contribution in [2.45, 2.75) is 78.7 Å². The van der Waals surface area contributed by atoms with Crippen LogP contribution in [-0.4, -0.2) is 42.8 Å². The van der Waals surface area contributed by atoms with Crippen LogP contribution in [0.1, 0.15) is 65.9 Å². The van der Waals surface area contributed by atoms with E-state index in [1.54, 1.807) is 0 Å². The zero-order valence-electron chi connectivity index (χ0n) is 22.2. The number of hydrogen-bond acceptors (Lipinski definition) is 6. The molecule has 1 aliphatic rings. The van der Waals surface area contributed by atoms with Gasteiger partial charge in [-0.2, -0.15) is 0 Å². The Morgan fingerprint density at radius 1 is 1.11 bits per heavy atom. The zero-order chi connectivity index (χ0) is 25.9. The summed E-state index contributed by atoms with van der Waals surface area (Å²) in [4.78, 5) is 18.8. The number of rotatable bonds is 9. The van der Waals surface area contributed by atoms with Gasteiger partial charge in [-0.05, 0) is 73.2 Å². The number of H-pyrrole nitrogens is 1. The van der Waals surface area contributed by atoms with E-state index in [1.807, 2.05) is 11.6 Å². The van der Waals surface area contributed by atoms with Crippen LogP contribution in [-0.2, 0) is 24.4 Å². The van der Waals surface area contributed by atoms with Crippen molar-refractivity contribution in [3.05, 3.63) is 86.5 Å². The molecule has 0 aliphatic carbocycles. The maximum absolute atomic E-state index is 13.3. The number of pyridine rings is 1. The van der Waals surface area contributed by atoms with Gasteiger partial charge < -0.3 is 9.72 Å². The standard InChI is InChI=1S/C29H36N6O2/c1-5-26(28-31-32-33-35(28)18-24-7-6-14-37-24)34(16-22-12-8-19(2)9-13-22)17-23-15-25-20(3)10-11-21(4)27(25)30-29(23)36/h8-13,15,24,26H,5-7,14,16-18H2,1-4H3,(H,30,36). The molecule has 0 bridgehead atoms. The molecule has 1 aliphatic heterocycles. The lowest BCUT2D eigenvalue weighted by molar-refractivity contribution is 0.0888. The Balaban J connectivity index is 1.52. The van der Waals surface area contributed by atoms with Crippen molar-refractivity contribution in [2.24, 2.45) is 0 Å². The van der Waals surface area contributed by atoms with Crippen LogP contribution in [0.4, 0.5) is 0 Å². The van der Waals surface area contributed by atoms with Gasteiger partial charge in [0.1, 0.15) is 0 Å². The van der Waals surface area contributed by atoms with Gasteiger partial charge >= 0.3 is 0 Å². The molecule has 2 unspecified atom stereocenters. The second kappa shape index (κ2) is 10.9. The van der Waals surface area contributed by atoms with Crippen LogP contribution in [0.3, 0.4) is 0 Å². The summed E-state index contributed by atoms with van der Waals surface area (Å²) < 4.78 is 7.75. The average molecular weight is 501 g/mol. The van der Waals surface area contributed by atoms with Crippen molar-refractivity contribution in [2.75, 3.05) is 6.61 Å². The molecule has 5 rings (SSSR count). The molecule has 0 spiro atoms. The first-order valence-electron chi connectivity index (χ1n) is 13.2. The Morgan fingerprint density at radius 2 is 1.89 bits per heavy atom. The Labute approximate surface area is 217 Å². The summed E-state index contributed by atoms with van der Waals surface area (Å²) in [6, 6.07) is 14.7. The van der Waals surface area contributed by atoms with Gasteiger partial charge in [-0.1, -0.05) is 48.9 Å². The quantitative estimate of drug-likeness (QED) is 0.356. The van der Waals surface area contributed by atoms with E-state index in [2.05, 4.69) is 88.6 Å². The topological polar surface area (TPSA) is 88.9 Å². The highest BCUT2D eigenvalue weighted by molar-refractivity contribution is 5.85. The molecular formula is C29H36N6O2. The second-order valence-electron chi connectivity index (χ2n) is 10.3. The summed E-state index contributed by atoms with van der Waals surface area (Å²) in [6.45, 7) is 11.0. The lowest BCUT2D eigenvalue weighted by Crippen LogP contribution is -2.33. The van der Waals surface area contributed by atoms with Crippen molar-refractivity contribution in [3.63, 3.8) is 0 Å². The third kappa shape index (κ3) is 5.50. The zero-order valence-corrected chi connectivity index (χ0v) is 22.2. The van der Waals surface area contributed by atoms with Crippen LogP contribution in [0, 0.1) is 20.8 Å². The van der Waals surface area contributed by atoms with Gasteiger partial charge in [0.05, 0.1) is 24.2 Å². The van der Waals surface area contributed by atoms with E-state index in [-0.39, 0.29) is 17.7 Å². The molecule has 1 fully saturated rings. The number of aromatic amines is 1. The number of nitrogens with one attached hydrogen (secondary N) is 1. The Kier molecular flexibility index (Phi) is 7.48. The number of benzene rings is 2. The van der Waals surface area contributed by atoms with Crippen LogP contribution in [0.5, 0.6) is 0 Å². The second-order valence-corrected chi connectivity index (χ2v) is 10.3. The predicted molar refractivity (Wildman–Crippen MR) is 144 cm³/mol. The molecule has 2 aromatic heterocycles. The fraction of sp³-hybridized carbons (Fsp3) is 0.448. The summed E-state index contributed by atoms with van der Waals surface area (Å²) in [5.74, 6) is 0.814. The Bertz CT molecular complexity index is 1420. The number of ether oxygens (including phenoxy) is 1. The van der Waals surface area contributed by atoms with Crippen LogP contribution >= 0.6 is 0 Å². The molecule has 1 saturated heterocycles. The van der Waals surface area contributed by atoms with E-state index >= 15 is 0 Å². The molecule has 8 nitrogen and oxygen atoms in total. The largest absolute Gasteiger partial charge is 0.376 e. The van der Waals surface area contributed by atoms with Crippen molar-refractivity contribution < 1.29 is 4.74 Å². The van der Waals surface area contributed by atoms with Crippen LogP contribution in [0.2, 0.25) is 0 Å². The van der Waals surface area contributed by atoms with Gasteiger partial charge in [0, 0.05) is 30.6 Å². The molecule has 37 heavy (non-hydrogen) atoms. The summed E-state index contributed by atoms with van der Waals surface area (Å²) >= 11 is 0. The third-order valence-corrected chi connectivity index (χ3v) is 7.49. The first-order valence-corrected chi connectivity index (χ1v) is 13.2. The van der Waals surface area contributed by atoms with E-state index < -0.39 is 0 Å². The van der Waals surface area contributed by atoms with Crippen LogP contribution < -0.4 is 5.56 Å². The van der Waals surface area contributed by atoms with Gasteiger partial charge in [0.25, 0.3) is 5.56 Å². The molecule has 0 radical (unpaired) electrons. The molecule has 194 valence electrons. The average Bonchev–Trinajstić information content (AvgIpc) is 3.57. The number of fused-ring (bicyclic) bond motifs is 1. The lowest BCUT2D eigenvalue weighted by Gasteiger charge is -2.30. The molecule has 4 aromatic rings. The van der Waals surface area contributed by atoms with Gasteiger partial charge in [0.2, 0.25) is 0 Å². The number of aryl methyl sites for hydroxylation is 3. The summed E-state index contributed by atoms with van der Waals surface area (Å²) in [6.07, 6.45) is 3.04. The number of hydrogen-bond donors (Lipinski definition) is 1. The number of tetrazole rings is 1. The monoisotopic (exact) mass is 500 g/mol. The van der Waals surface area contributed by atoms with Crippen LogP contribution in [0.15, 0.2) is 47.3 Å². The summed E-state index contributed by atoms with van der Waals surface area (Å²) in [5, 5.41) is 13.9. The first kappa shape index (κ1) is 25.3. The minimum Gasteiger partial charge on any atom is -0.376 e. The van der Waals surface area contributed by atoms with E-state index in [1.165, 1.54) is 11.1 Å². The maximum Gasteiger partial charge on any atom is 0.252 e. The maximum atomic E-state index is 13.3. The minimum atomic E-state index is -0.0635. The Morgan fingerprint density at radius 3 is 2.62 bits per heavy atom. The van der Waals surface area contributed by atoms with Gasteiger partial charge in [-0.25, -0.2) is 4.68 Å². The summed E-state index contributed by atoms with van der Waals surface area (Å²) in [5.41, 5.74) is 6.22. The fourth-order valence-corrected chi connectivity index (χ4v) is 5.32. The Hall–Kier alpha value is -3.36. The summed E-state index contributed by atoms with van der Waals surface area (Å²) in [7, 11) is 0. The van der Waals surface area contributed by atoms with Gasteiger partial charge in [0.15, 0.2) is 5.82 Å². The molecule has 2 aromatic carbocycles. The van der Waals surface area contributed by atoms with Crippen molar-refractivity contribution in [3.8, 4) is 0 Å². The van der Waals surface area contributed by atoms with Crippen LogP contribution in [0.25, 0.3) is 10.9 Å². The molecule has 3 heterocycles. The molecule has 0 amide bonds. The number of aromatic nitrogens is 5. The smallest absolute Gasteiger partial charge is 0.252 e. The van der Waals surface area contributed by atoms with E-state index in [0.717, 1.165) is 59.3 Å². The molecule has 1 N–H and O–H groups in total. The first-order chi connectivity index (χ1) is 17.9. The van der Waals surface area contributed by atoms with E-state index in [9.17, 15) is 4.79 Å². The van der Waals surface area contributed by atoms with Crippen molar-refractivity contribution >= 4 is 10.9 Å². The lowest BCUT2D eigenvalue weighted by atomic mass is 10.0. The highest BCUT2D eigenvalue weighted by Crippen LogP contribution is 2.28. The highest BCUT2D eigenvalue weighted by Gasteiger charge is 2.28. The van der Waals surface area contributed by atoms with E-state index in [4.69, 9.17) is 4.74 Å². The predicted octanol–water partition coefficient (Wildman–Crippen LogP) is 4.77. The van der Waals surface area contributed by atoms with Gasteiger partial charge in [-0.15, -0.1) is 5.10 Å². The van der Waals surface area contributed by atoms with E-state index in [0.29, 0.717) is 19.6 Å². The normalized spacial score (nSPS) is 16.6. The highest BCUT2D eigenvalue weighted by atomic mass is 16.5.